The molecular weight excluding hydrogens is 419 g/mol. The lowest BCUT2D eigenvalue weighted by Gasteiger charge is -2.18. The molecule has 156 valence electrons. The van der Waals surface area contributed by atoms with Crippen LogP contribution in [0.4, 0.5) is 5.69 Å². The van der Waals surface area contributed by atoms with E-state index in [9.17, 15) is 4.79 Å². The smallest absolute Gasteiger partial charge is 0.227 e. The van der Waals surface area contributed by atoms with Crippen molar-refractivity contribution in [2.75, 3.05) is 18.4 Å². The minimum atomic E-state index is 0.125. The largest absolute Gasteiger partial charge is 0.380 e. The van der Waals surface area contributed by atoms with E-state index in [1.807, 2.05) is 55.1 Å². The summed E-state index contributed by atoms with van der Waals surface area (Å²) in [5, 5.41) is 9.25. The van der Waals surface area contributed by atoms with E-state index in [4.69, 9.17) is 23.2 Å². The molecule has 1 saturated heterocycles. The van der Waals surface area contributed by atoms with Gasteiger partial charge in [0, 0.05) is 41.1 Å². The monoisotopic (exact) mass is 442 g/mol. The number of aromatic nitrogens is 2. The summed E-state index contributed by atoms with van der Waals surface area (Å²) >= 11 is 12.4. The first-order chi connectivity index (χ1) is 14.4. The molecule has 0 spiro atoms. The van der Waals surface area contributed by atoms with E-state index >= 15 is 0 Å². The zero-order chi connectivity index (χ0) is 21.3. The standard InChI is InChI=1S/C23H24Cl2N4O/c1-15-20(16(2)29(27-15)22-9-8-17(24)12-21(22)25)13-23(30)28-11-10-19(14-28)26-18-6-4-3-5-7-18/h3-9,12,19,26H,10-11,13-14H2,1-2H3. The molecule has 1 unspecified atom stereocenters. The van der Waals surface area contributed by atoms with Crippen molar-refractivity contribution in [2.45, 2.75) is 32.7 Å². The highest BCUT2D eigenvalue weighted by atomic mass is 35.5. The van der Waals surface area contributed by atoms with Crippen molar-refractivity contribution >= 4 is 34.8 Å². The van der Waals surface area contributed by atoms with Crippen LogP contribution in [0, 0.1) is 13.8 Å². The fourth-order valence-electron chi connectivity index (χ4n) is 3.96. The quantitative estimate of drug-likeness (QED) is 0.601. The Hall–Kier alpha value is -2.50. The summed E-state index contributed by atoms with van der Waals surface area (Å²) in [5.41, 5.74) is 4.55. The summed E-state index contributed by atoms with van der Waals surface area (Å²) in [6.45, 7) is 5.37. The Morgan fingerprint density at radius 1 is 1.17 bits per heavy atom. The molecule has 1 fully saturated rings. The van der Waals surface area contributed by atoms with Crippen LogP contribution in [0.25, 0.3) is 5.69 Å². The van der Waals surface area contributed by atoms with Gasteiger partial charge in [-0.05, 0) is 50.6 Å². The minimum absolute atomic E-state index is 0.125. The molecule has 0 radical (unpaired) electrons. The van der Waals surface area contributed by atoms with Gasteiger partial charge in [0.05, 0.1) is 22.8 Å². The molecule has 1 N–H and O–H groups in total. The number of nitrogens with zero attached hydrogens (tertiary/aromatic N) is 3. The number of rotatable bonds is 5. The second-order valence-electron chi connectivity index (χ2n) is 7.67. The number of aryl methyl sites for hydroxylation is 1. The van der Waals surface area contributed by atoms with E-state index < -0.39 is 0 Å². The molecule has 1 amide bonds. The number of carbonyl (C=O) groups excluding carboxylic acids is 1. The maximum Gasteiger partial charge on any atom is 0.227 e. The Morgan fingerprint density at radius 3 is 2.67 bits per heavy atom. The van der Waals surface area contributed by atoms with Crippen LogP contribution in [-0.4, -0.2) is 39.7 Å². The number of para-hydroxylation sites is 1. The Labute approximate surface area is 186 Å². The van der Waals surface area contributed by atoms with Gasteiger partial charge in [-0.15, -0.1) is 0 Å². The van der Waals surface area contributed by atoms with Gasteiger partial charge < -0.3 is 10.2 Å². The highest BCUT2D eigenvalue weighted by molar-refractivity contribution is 6.35. The van der Waals surface area contributed by atoms with Crippen molar-refractivity contribution < 1.29 is 4.79 Å². The van der Waals surface area contributed by atoms with Crippen LogP contribution in [0.2, 0.25) is 10.0 Å². The minimum Gasteiger partial charge on any atom is -0.380 e. The van der Waals surface area contributed by atoms with Crippen LogP contribution in [0.3, 0.4) is 0 Å². The molecule has 3 aromatic rings. The molecule has 1 aromatic heterocycles. The number of hydrogen-bond donors (Lipinski definition) is 1. The average molecular weight is 443 g/mol. The molecule has 1 atom stereocenters. The van der Waals surface area contributed by atoms with Crippen LogP contribution < -0.4 is 5.32 Å². The van der Waals surface area contributed by atoms with Crippen molar-refractivity contribution in [3.05, 3.63) is 75.5 Å². The number of carbonyl (C=O) groups is 1. The fourth-order valence-corrected chi connectivity index (χ4v) is 4.44. The Morgan fingerprint density at radius 2 is 1.93 bits per heavy atom. The van der Waals surface area contributed by atoms with Gasteiger partial charge in [0.1, 0.15) is 0 Å². The van der Waals surface area contributed by atoms with Crippen molar-refractivity contribution in [3.63, 3.8) is 0 Å². The lowest BCUT2D eigenvalue weighted by molar-refractivity contribution is -0.129. The van der Waals surface area contributed by atoms with Gasteiger partial charge in [-0.25, -0.2) is 4.68 Å². The molecule has 2 aromatic carbocycles. The van der Waals surface area contributed by atoms with Crippen LogP contribution in [0.15, 0.2) is 48.5 Å². The Balaban J connectivity index is 1.46. The molecule has 0 saturated carbocycles. The van der Waals surface area contributed by atoms with Gasteiger partial charge in [0.25, 0.3) is 0 Å². The lowest BCUT2D eigenvalue weighted by atomic mass is 10.1. The van der Waals surface area contributed by atoms with Crippen LogP contribution in [-0.2, 0) is 11.2 Å². The van der Waals surface area contributed by atoms with Crippen LogP contribution in [0.5, 0.6) is 0 Å². The third kappa shape index (κ3) is 4.32. The maximum absolute atomic E-state index is 13.0. The molecule has 7 heteroatoms. The summed E-state index contributed by atoms with van der Waals surface area (Å²) < 4.78 is 1.79. The first kappa shape index (κ1) is 20.8. The van der Waals surface area contributed by atoms with Gasteiger partial charge in [-0.2, -0.15) is 5.10 Å². The van der Waals surface area contributed by atoms with Crippen molar-refractivity contribution in [1.82, 2.24) is 14.7 Å². The Kier molecular flexibility index (Phi) is 6.02. The second kappa shape index (κ2) is 8.70. The molecule has 1 aliphatic rings. The van der Waals surface area contributed by atoms with Crippen LogP contribution >= 0.6 is 23.2 Å². The number of benzene rings is 2. The molecule has 0 bridgehead atoms. The zero-order valence-corrected chi connectivity index (χ0v) is 18.5. The molecule has 4 rings (SSSR count). The molecular formula is C23H24Cl2N4O. The molecule has 0 aliphatic carbocycles. The number of nitrogens with one attached hydrogen (secondary N) is 1. The van der Waals surface area contributed by atoms with Gasteiger partial charge in [-0.3, -0.25) is 4.79 Å². The van der Waals surface area contributed by atoms with E-state index in [0.29, 0.717) is 23.0 Å². The number of anilines is 1. The Bertz CT molecular complexity index is 1060. The van der Waals surface area contributed by atoms with Gasteiger partial charge in [-0.1, -0.05) is 41.4 Å². The third-order valence-corrected chi connectivity index (χ3v) is 6.13. The average Bonchev–Trinajstić information content (AvgIpc) is 3.29. The summed E-state index contributed by atoms with van der Waals surface area (Å²) in [5.74, 6) is 0.125. The van der Waals surface area contributed by atoms with Crippen molar-refractivity contribution in [1.29, 1.82) is 0 Å². The predicted octanol–water partition coefficient (Wildman–Crippen LogP) is 5.05. The van der Waals surface area contributed by atoms with Crippen LogP contribution in [0.1, 0.15) is 23.4 Å². The highest BCUT2D eigenvalue weighted by Crippen LogP contribution is 2.27. The maximum atomic E-state index is 13.0. The summed E-state index contributed by atoms with van der Waals surface area (Å²) in [7, 11) is 0. The summed E-state index contributed by atoms with van der Waals surface area (Å²) in [6.07, 6.45) is 1.28. The molecule has 1 aliphatic heterocycles. The van der Waals surface area contributed by atoms with E-state index in [0.717, 1.165) is 41.3 Å². The SMILES string of the molecule is Cc1nn(-c2ccc(Cl)cc2Cl)c(C)c1CC(=O)N1CCC(Nc2ccccc2)C1. The van der Waals surface area contributed by atoms with E-state index in [1.165, 1.54) is 0 Å². The second-order valence-corrected chi connectivity index (χ2v) is 8.51. The third-order valence-electron chi connectivity index (χ3n) is 5.59. The lowest BCUT2D eigenvalue weighted by Crippen LogP contribution is -2.32. The van der Waals surface area contributed by atoms with Crippen molar-refractivity contribution in [2.24, 2.45) is 0 Å². The topological polar surface area (TPSA) is 50.2 Å². The first-order valence-electron chi connectivity index (χ1n) is 10.0. The molecule has 30 heavy (non-hydrogen) atoms. The van der Waals surface area contributed by atoms with Gasteiger partial charge in [0.2, 0.25) is 5.91 Å². The number of amides is 1. The normalized spacial score (nSPS) is 16.1. The number of likely N-dealkylation sites (tertiary alicyclic amines) is 1. The van der Waals surface area contributed by atoms with Gasteiger partial charge in [0.15, 0.2) is 0 Å². The predicted molar refractivity (Wildman–Crippen MR) is 122 cm³/mol. The van der Waals surface area contributed by atoms with E-state index in [2.05, 4.69) is 10.4 Å². The number of halogens is 2. The van der Waals surface area contributed by atoms with Gasteiger partial charge >= 0.3 is 0 Å². The highest BCUT2D eigenvalue weighted by Gasteiger charge is 2.27. The number of hydrogen-bond acceptors (Lipinski definition) is 3. The van der Waals surface area contributed by atoms with Crippen molar-refractivity contribution in [3.8, 4) is 5.69 Å². The molecule has 5 nitrogen and oxygen atoms in total. The fraction of sp³-hybridized carbons (Fsp3) is 0.304. The zero-order valence-electron chi connectivity index (χ0n) is 17.0. The first-order valence-corrected chi connectivity index (χ1v) is 10.8. The summed E-state index contributed by atoms with van der Waals surface area (Å²) in [4.78, 5) is 14.9. The summed E-state index contributed by atoms with van der Waals surface area (Å²) in [6, 6.07) is 15.7. The molecule has 2 heterocycles. The van der Waals surface area contributed by atoms with E-state index in [1.54, 1.807) is 16.8 Å². The van der Waals surface area contributed by atoms with E-state index in [-0.39, 0.29) is 11.9 Å².